The number of hydrogen-bond acceptors (Lipinski definition) is 4. The summed E-state index contributed by atoms with van der Waals surface area (Å²) in [5.41, 5.74) is 2.71. The minimum absolute atomic E-state index is 0.0218. The number of oxime groups is 1. The first kappa shape index (κ1) is 13.1. The number of aryl methyl sites for hydroxylation is 2. The number of nitrogens with one attached hydrogen (secondary N) is 1. The molecule has 1 aliphatic rings. The van der Waals surface area contributed by atoms with E-state index in [1.807, 2.05) is 26.0 Å². The van der Waals surface area contributed by atoms with Crippen LogP contribution in [-0.4, -0.2) is 28.8 Å². The molecule has 1 aromatic carbocycles. The molecule has 1 amide bonds. The van der Waals surface area contributed by atoms with Gasteiger partial charge in [-0.2, -0.15) is 0 Å². The number of carboxylic acids is 1. The zero-order chi connectivity index (χ0) is 14.0. The molecule has 0 saturated heterocycles. The summed E-state index contributed by atoms with van der Waals surface area (Å²) in [5.74, 6) is -1.57. The number of amides is 1. The third-order valence-electron chi connectivity index (χ3n) is 2.98. The molecule has 0 aromatic heterocycles. The molecule has 0 spiro atoms. The second-order valence-corrected chi connectivity index (χ2v) is 4.43. The molecule has 2 N–H and O–H groups in total. The molecule has 1 aromatic rings. The van der Waals surface area contributed by atoms with Gasteiger partial charge in [0.15, 0.2) is 5.71 Å². The zero-order valence-electron chi connectivity index (χ0n) is 10.6. The third-order valence-corrected chi connectivity index (χ3v) is 2.98. The van der Waals surface area contributed by atoms with Crippen LogP contribution in [0.1, 0.15) is 17.5 Å². The summed E-state index contributed by atoms with van der Waals surface area (Å²) in [7, 11) is 0. The molecule has 0 saturated carbocycles. The predicted octanol–water partition coefficient (Wildman–Crippen LogP) is 1.47. The number of carbonyl (C=O) groups is 2. The van der Waals surface area contributed by atoms with E-state index >= 15 is 0 Å². The van der Waals surface area contributed by atoms with Crippen molar-refractivity contribution in [2.24, 2.45) is 5.16 Å². The molecule has 1 unspecified atom stereocenters. The first-order valence-corrected chi connectivity index (χ1v) is 5.81. The highest BCUT2D eigenvalue weighted by Gasteiger charge is 2.31. The molecule has 1 aliphatic heterocycles. The van der Waals surface area contributed by atoms with Crippen molar-refractivity contribution < 1.29 is 19.5 Å². The molecule has 0 radical (unpaired) electrons. The van der Waals surface area contributed by atoms with Gasteiger partial charge in [-0.1, -0.05) is 11.2 Å². The molecule has 100 valence electrons. The quantitative estimate of drug-likeness (QED) is 0.863. The second-order valence-electron chi connectivity index (χ2n) is 4.43. The Hall–Kier alpha value is -2.37. The topological polar surface area (TPSA) is 88.0 Å². The van der Waals surface area contributed by atoms with Crippen LogP contribution in [0.3, 0.4) is 0 Å². The molecule has 0 aliphatic carbocycles. The van der Waals surface area contributed by atoms with E-state index in [9.17, 15) is 9.59 Å². The standard InChI is InChI=1S/C13H14N2O4/c1-7-3-4-9(5-8(7)2)14-12(16)11-6-10(13(17)18)15-19-11/h3-5,11H,6H2,1-2H3,(H,14,16)(H,17,18). The van der Waals surface area contributed by atoms with Gasteiger partial charge in [-0.25, -0.2) is 4.79 Å². The molecule has 2 rings (SSSR count). The predicted molar refractivity (Wildman–Crippen MR) is 69.1 cm³/mol. The average Bonchev–Trinajstić information content (AvgIpc) is 2.83. The van der Waals surface area contributed by atoms with Crippen LogP contribution in [0.15, 0.2) is 23.4 Å². The van der Waals surface area contributed by atoms with E-state index in [0.717, 1.165) is 11.1 Å². The van der Waals surface area contributed by atoms with Crippen LogP contribution in [0.5, 0.6) is 0 Å². The maximum atomic E-state index is 11.9. The van der Waals surface area contributed by atoms with Crippen LogP contribution >= 0.6 is 0 Å². The first-order chi connectivity index (χ1) is 8.97. The average molecular weight is 262 g/mol. The number of carboxylic acid groups (broad SMARTS) is 1. The van der Waals surface area contributed by atoms with Crippen LogP contribution in [0.25, 0.3) is 0 Å². The lowest BCUT2D eigenvalue weighted by molar-refractivity contribution is -0.129. The van der Waals surface area contributed by atoms with Crippen molar-refractivity contribution >= 4 is 23.3 Å². The van der Waals surface area contributed by atoms with E-state index in [4.69, 9.17) is 9.94 Å². The highest BCUT2D eigenvalue weighted by molar-refractivity contribution is 6.36. The van der Waals surface area contributed by atoms with Gasteiger partial charge in [0.05, 0.1) is 0 Å². The number of aliphatic carboxylic acids is 1. The van der Waals surface area contributed by atoms with Crippen LogP contribution in [-0.2, 0) is 14.4 Å². The SMILES string of the molecule is Cc1ccc(NC(=O)C2CC(C(=O)O)=NO2)cc1C. The molecule has 19 heavy (non-hydrogen) atoms. The lowest BCUT2D eigenvalue weighted by atomic mass is 10.1. The van der Waals surface area contributed by atoms with Gasteiger partial charge in [0.2, 0.25) is 6.10 Å². The molecular weight excluding hydrogens is 248 g/mol. The molecule has 0 bridgehead atoms. The Morgan fingerprint density at radius 2 is 2.11 bits per heavy atom. The Kier molecular flexibility index (Phi) is 3.50. The van der Waals surface area contributed by atoms with Gasteiger partial charge in [-0.05, 0) is 37.1 Å². The summed E-state index contributed by atoms with van der Waals surface area (Å²) < 4.78 is 0. The Balaban J connectivity index is 1.99. The van der Waals surface area contributed by atoms with E-state index in [0.29, 0.717) is 5.69 Å². The fraction of sp³-hybridized carbons (Fsp3) is 0.308. The van der Waals surface area contributed by atoms with Crippen molar-refractivity contribution in [3.8, 4) is 0 Å². The van der Waals surface area contributed by atoms with Crippen LogP contribution in [0.4, 0.5) is 5.69 Å². The lowest BCUT2D eigenvalue weighted by Crippen LogP contribution is -2.28. The molecule has 6 nitrogen and oxygen atoms in total. The molecule has 6 heteroatoms. The fourth-order valence-electron chi connectivity index (χ4n) is 1.69. The maximum absolute atomic E-state index is 11.9. The summed E-state index contributed by atoms with van der Waals surface area (Å²) in [4.78, 5) is 27.4. The number of anilines is 1. The summed E-state index contributed by atoms with van der Waals surface area (Å²) in [6.07, 6.45) is -0.904. The van der Waals surface area contributed by atoms with Gasteiger partial charge in [0.25, 0.3) is 5.91 Å². The van der Waals surface area contributed by atoms with Crippen molar-refractivity contribution in [2.45, 2.75) is 26.4 Å². The summed E-state index contributed by atoms with van der Waals surface area (Å²) >= 11 is 0. The molecule has 1 heterocycles. The Bertz CT molecular complexity index is 566. The Morgan fingerprint density at radius 1 is 1.37 bits per heavy atom. The van der Waals surface area contributed by atoms with Crippen molar-refractivity contribution in [3.63, 3.8) is 0 Å². The second kappa shape index (κ2) is 5.09. The van der Waals surface area contributed by atoms with Crippen molar-refractivity contribution in [2.75, 3.05) is 5.32 Å². The van der Waals surface area contributed by atoms with Crippen LogP contribution in [0, 0.1) is 13.8 Å². The Labute approximate surface area is 110 Å². The van der Waals surface area contributed by atoms with Gasteiger partial charge in [-0.3, -0.25) is 4.79 Å². The van der Waals surface area contributed by atoms with E-state index in [2.05, 4.69) is 10.5 Å². The number of benzene rings is 1. The fourth-order valence-corrected chi connectivity index (χ4v) is 1.69. The summed E-state index contributed by atoms with van der Waals surface area (Å²) in [6, 6.07) is 5.54. The highest BCUT2D eigenvalue weighted by atomic mass is 16.6. The van der Waals surface area contributed by atoms with Gasteiger partial charge >= 0.3 is 5.97 Å². The minimum atomic E-state index is -1.17. The lowest BCUT2D eigenvalue weighted by Gasteiger charge is -2.10. The largest absolute Gasteiger partial charge is 0.477 e. The highest BCUT2D eigenvalue weighted by Crippen LogP contribution is 2.17. The number of nitrogens with zero attached hydrogens (tertiary/aromatic N) is 1. The number of rotatable bonds is 3. The van der Waals surface area contributed by atoms with Gasteiger partial charge in [0.1, 0.15) is 0 Å². The van der Waals surface area contributed by atoms with Crippen molar-refractivity contribution in [3.05, 3.63) is 29.3 Å². The van der Waals surface area contributed by atoms with Gasteiger partial charge in [-0.15, -0.1) is 0 Å². The van der Waals surface area contributed by atoms with Gasteiger partial charge in [0, 0.05) is 12.1 Å². The Morgan fingerprint density at radius 3 is 2.68 bits per heavy atom. The molecule has 1 atom stereocenters. The molecular formula is C13H14N2O4. The molecule has 0 fully saturated rings. The summed E-state index contributed by atoms with van der Waals surface area (Å²) in [6.45, 7) is 3.93. The van der Waals surface area contributed by atoms with Gasteiger partial charge < -0.3 is 15.3 Å². The van der Waals surface area contributed by atoms with E-state index < -0.39 is 18.0 Å². The third kappa shape index (κ3) is 2.90. The van der Waals surface area contributed by atoms with Crippen molar-refractivity contribution in [1.82, 2.24) is 0 Å². The van der Waals surface area contributed by atoms with E-state index in [-0.39, 0.29) is 12.1 Å². The smallest absolute Gasteiger partial charge is 0.353 e. The maximum Gasteiger partial charge on any atom is 0.353 e. The van der Waals surface area contributed by atoms with Crippen molar-refractivity contribution in [1.29, 1.82) is 0 Å². The number of hydrogen-bond donors (Lipinski definition) is 2. The summed E-state index contributed by atoms with van der Waals surface area (Å²) in [5, 5.41) is 14.8. The van der Waals surface area contributed by atoms with Crippen LogP contribution in [0.2, 0.25) is 0 Å². The normalized spacial score (nSPS) is 17.6. The van der Waals surface area contributed by atoms with E-state index in [1.54, 1.807) is 6.07 Å². The first-order valence-electron chi connectivity index (χ1n) is 5.81. The van der Waals surface area contributed by atoms with E-state index in [1.165, 1.54) is 0 Å². The monoisotopic (exact) mass is 262 g/mol. The van der Waals surface area contributed by atoms with Crippen LogP contribution < -0.4 is 5.32 Å². The number of carbonyl (C=O) groups excluding carboxylic acids is 1. The zero-order valence-corrected chi connectivity index (χ0v) is 10.6. The minimum Gasteiger partial charge on any atom is -0.477 e.